The van der Waals surface area contributed by atoms with E-state index >= 15 is 0 Å². The molecule has 0 unspecified atom stereocenters. The predicted molar refractivity (Wildman–Crippen MR) is 28.4 cm³/mol. The Labute approximate surface area is 81.7 Å². The van der Waals surface area contributed by atoms with Gasteiger partial charge >= 0.3 is 29.6 Å². The molecule has 3 nitrogen and oxygen atoms in total. The zero-order valence-electron chi connectivity index (χ0n) is 6.04. The van der Waals surface area contributed by atoms with Crippen LogP contribution in [-0.2, 0) is 4.79 Å². The van der Waals surface area contributed by atoms with Gasteiger partial charge in [0.2, 0.25) is 0 Å². The molecule has 0 bridgehead atoms. The quantitative estimate of drug-likeness (QED) is 0.388. The summed E-state index contributed by atoms with van der Waals surface area (Å²) in [7, 11) is 0. The standard InChI is InChI=1S/C6H10O3.Na/c7-5-2-1-4(3-5)6(8)9;/h4-5,7H,1-3H2,(H,8,9);/q;+1/p-1/t4-,5-;/m1./s1. The summed E-state index contributed by atoms with van der Waals surface area (Å²) in [4.78, 5) is 10.1. The van der Waals surface area contributed by atoms with E-state index in [9.17, 15) is 9.90 Å². The summed E-state index contributed by atoms with van der Waals surface area (Å²) in [5.41, 5.74) is 0. The molecule has 0 aromatic heterocycles. The van der Waals surface area contributed by atoms with Gasteiger partial charge in [-0.1, -0.05) is 0 Å². The molecule has 0 heterocycles. The van der Waals surface area contributed by atoms with Gasteiger partial charge in [-0.05, 0) is 19.3 Å². The van der Waals surface area contributed by atoms with Crippen LogP contribution >= 0.6 is 0 Å². The van der Waals surface area contributed by atoms with Crippen LogP contribution in [0, 0.1) is 5.92 Å². The van der Waals surface area contributed by atoms with E-state index in [1.54, 1.807) is 0 Å². The number of carbonyl (C=O) groups is 1. The summed E-state index contributed by atoms with van der Waals surface area (Å²) in [6, 6.07) is 0. The molecule has 52 valence electrons. The van der Waals surface area contributed by atoms with Crippen molar-refractivity contribution in [2.45, 2.75) is 25.4 Å². The summed E-state index contributed by atoms with van der Waals surface area (Å²) < 4.78 is 0. The largest absolute Gasteiger partial charge is 1.00 e. The van der Waals surface area contributed by atoms with Crippen molar-refractivity contribution in [3.63, 3.8) is 0 Å². The van der Waals surface area contributed by atoms with Gasteiger partial charge < -0.3 is 15.0 Å². The second kappa shape index (κ2) is 4.34. The second-order valence-electron chi connectivity index (χ2n) is 2.48. The second-order valence-corrected chi connectivity index (χ2v) is 2.48. The van der Waals surface area contributed by atoms with Crippen LogP contribution in [0.15, 0.2) is 0 Å². The number of aliphatic carboxylic acids is 1. The number of carboxylic acid groups (broad SMARTS) is 1. The van der Waals surface area contributed by atoms with E-state index in [2.05, 4.69) is 0 Å². The average Bonchev–Trinajstić information content (AvgIpc) is 2.14. The molecule has 0 aromatic rings. The van der Waals surface area contributed by atoms with Crippen LogP contribution in [0.2, 0.25) is 0 Å². The Morgan fingerprint density at radius 3 is 2.30 bits per heavy atom. The molecule has 0 aromatic carbocycles. The molecule has 0 aliphatic heterocycles. The molecule has 1 aliphatic rings. The van der Waals surface area contributed by atoms with Gasteiger partial charge in [0.25, 0.3) is 0 Å². The molecule has 0 saturated heterocycles. The van der Waals surface area contributed by atoms with E-state index in [-0.39, 0.29) is 29.6 Å². The zero-order chi connectivity index (χ0) is 6.85. The van der Waals surface area contributed by atoms with E-state index < -0.39 is 18.0 Å². The van der Waals surface area contributed by atoms with Crippen molar-refractivity contribution in [1.82, 2.24) is 0 Å². The molecule has 1 rings (SSSR count). The number of hydrogen-bond acceptors (Lipinski definition) is 3. The minimum absolute atomic E-state index is 0. The third-order valence-electron chi connectivity index (χ3n) is 1.74. The van der Waals surface area contributed by atoms with Crippen molar-refractivity contribution >= 4 is 5.97 Å². The molecule has 2 atom stereocenters. The fraction of sp³-hybridized carbons (Fsp3) is 0.833. The molecule has 1 fully saturated rings. The van der Waals surface area contributed by atoms with Gasteiger partial charge in [0, 0.05) is 11.9 Å². The molecule has 0 amide bonds. The van der Waals surface area contributed by atoms with Gasteiger partial charge in [-0.15, -0.1) is 0 Å². The van der Waals surface area contributed by atoms with Crippen LogP contribution in [0.5, 0.6) is 0 Å². The van der Waals surface area contributed by atoms with Gasteiger partial charge in [-0.2, -0.15) is 0 Å². The van der Waals surface area contributed by atoms with Crippen molar-refractivity contribution in [2.75, 3.05) is 0 Å². The molecular weight excluding hydrogens is 143 g/mol. The summed E-state index contributed by atoms with van der Waals surface area (Å²) in [6.07, 6.45) is 1.15. The van der Waals surface area contributed by atoms with Gasteiger partial charge in [-0.25, -0.2) is 0 Å². The molecule has 10 heavy (non-hydrogen) atoms. The van der Waals surface area contributed by atoms with Crippen molar-refractivity contribution < 1.29 is 44.6 Å². The monoisotopic (exact) mass is 152 g/mol. The van der Waals surface area contributed by atoms with Crippen LogP contribution in [0.25, 0.3) is 0 Å². The van der Waals surface area contributed by atoms with E-state index in [4.69, 9.17) is 5.11 Å². The maximum absolute atomic E-state index is 10.1. The third kappa shape index (κ3) is 2.58. The summed E-state index contributed by atoms with van der Waals surface area (Å²) in [5, 5.41) is 19.0. The Hall–Kier alpha value is 0.430. The Balaban J connectivity index is 0.000000810. The first-order valence-corrected chi connectivity index (χ1v) is 3.09. The number of aliphatic hydroxyl groups is 1. The van der Waals surface area contributed by atoms with Crippen LogP contribution < -0.4 is 34.7 Å². The Bertz CT molecular complexity index is 126. The number of carbonyl (C=O) groups excluding carboxylic acids is 1. The number of rotatable bonds is 1. The smallest absolute Gasteiger partial charge is 0.550 e. The first-order valence-electron chi connectivity index (χ1n) is 3.09. The number of carboxylic acids is 1. The number of hydrogen-bond donors (Lipinski definition) is 1. The van der Waals surface area contributed by atoms with Crippen molar-refractivity contribution in [3.05, 3.63) is 0 Å². The van der Waals surface area contributed by atoms with E-state index in [0.717, 1.165) is 0 Å². The molecule has 4 heteroatoms. The zero-order valence-corrected chi connectivity index (χ0v) is 8.04. The van der Waals surface area contributed by atoms with Crippen molar-refractivity contribution in [2.24, 2.45) is 5.92 Å². The first-order chi connectivity index (χ1) is 4.20. The van der Waals surface area contributed by atoms with E-state index in [1.807, 2.05) is 0 Å². The topological polar surface area (TPSA) is 60.4 Å². The van der Waals surface area contributed by atoms with Gasteiger partial charge in [0.1, 0.15) is 0 Å². The first kappa shape index (κ1) is 10.4. The Morgan fingerprint density at radius 2 is 2.10 bits per heavy atom. The minimum Gasteiger partial charge on any atom is -0.550 e. The molecule has 0 spiro atoms. The van der Waals surface area contributed by atoms with Gasteiger partial charge in [-0.3, -0.25) is 0 Å². The minimum atomic E-state index is -1.02. The molecule has 0 radical (unpaired) electrons. The Morgan fingerprint density at radius 1 is 1.50 bits per heavy atom. The van der Waals surface area contributed by atoms with Crippen LogP contribution in [0.3, 0.4) is 0 Å². The fourth-order valence-corrected chi connectivity index (χ4v) is 1.17. The van der Waals surface area contributed by atoms with E-state index in [1.165, 1.54) is 0 Å². The normalized spacial score (nSPS) is 31.3. The predicted octanol–water partition coefficient (Wildman–Crippen LogP) is -4.10. The summed E-state index contributed by atoms with van der Waals surface area (Å²) in [5.74, 6) is -1.42. The SMILES string of the molecule is O=C([O-])[C@@H]1CC[C@@H](O)C1.[Na+]. The average molecular weight is 152 g/mol. The van der Waals surface area contributed by atoms with Crippen LogP contribution in [0.1, 0.15) is 19.3 Å². The van der Waals surface area contributed by atoms with Crippen molar-refractivity contribution in [1.29, 1.82) is 0 Å². The van der Waals surface area contributed by atoms with E-state index in [0.29, 0.717) is 19.3 Å². The van der Waals surface area contributed by atoms with Gasteiger partial charge in [0.15, 0.2) is 0 Å². The molecular formula is C6H9NaO3. The van der Waals surface area contributed by atoms with Crippen LogP contribution in [-0.4, -0.2) is 17.2 Å². The third-order valence-corrected chi connectivity index (χ3v) is 1.74. The maximum Gasteiger partial charge on any atom is 1.00 e. The molecule has 1 saturated carbocycles. The Kier molecular flexibility index (Phi) is 4.52. The fourth-order valence-electron chi connectivity index (χ4n) is 1.17. The maximum atomic E-state index is 10.1. The number of aliphatic hydroxyl groups excluding tert-OH is 1. The van der Waals surface area contributed by atoms with Crippen LogP contribution in [0.4, 0.5) is 0 Å². The van der Waals surface area contributed by atoms with Gasteiger partial charge in [0.05, 0.1) is 6.10 Å². The molecule has 1 N–H and O–H groups in total. The van der Waals surface area contributed by atoms with Crippen molar-refractivity contribution in [3.8, 4) is 0 Å². The summed E-state index contributed by atoms with van der Waals surface area (Å²) >= 11 is 0. The summed E-state index contributed by atoms with van der Waals surface area (Å²) in [6.45, 7) is 0. The molecule has 1 aliphatic carbocycles.